The summed E-state index contributed by atoms with van der Waals surface area (Å²) >= 11 is 0. The number of ether oxygens (including phenoxy) is 6. The van der Waals surface area contributed by atoms with Crippen molar-refractivity contribution in [3.05, 3.63) is 133 Å². The molecule has 2 atom stereocenters. The van der Waals surface area contributed by atoms with Crippen LogP contribution in [-0.2, 0) is 19.1 Å². The smallest absolute Gasteiger partial charge is 0.333 e. The van der Waals surface area contributed by atoms with Gasteiger partial charge < -0.3 is 28.4 Å². The Balaban J connectivity index is 1.18. The van der Waals surface area contributed by atoms with Crippen LogP contribution in [-0.4, -0.2) is 50.6 Å². The highest BCUT2D eigenvalue weighted by molar-refractivity contribution is 5.89. The second kappa shape index (κ2) is 16.2. The molecular weight excluding hydrogens is 608 g/mol. The predicted molar refractivity (Wildman–Crippen MR) is 186 cm³/mol. The number of carbonyl (C=O) groups is 2. The van der Waals surface area contributed by atoms with Crippen molar-refractivity contribution in [3.8, 4) is 23.0 Å². The molecule has 0 aliphatic rings. The highest BCUT2D eigenvalue weighted by Gasteiger charge is 2.20. The van der Waals surface area contributed by atoms with E-state index in [0.717, 1.165) is 21.5 Å². The summed E-state index contributed by atoms with van der Waals surface area (Å²) in [7, 11) is 0. The SMILES string of the molecule is C=C(C)C(=O)OC(COc1ccc(OCC(COc2cccc3ccccc23)OC(=O)C(=C)C)cc1)COc1cccc2ccccc12. The Kier molecular flexibility index (Phi) is 11.3. The average molecular weight is 647 g/mol. The second-order valence-electron chi connectivity index (χ2n) is 11.3. The van der Waals surface area contributed by atoms with E-state index >= 15 is 0 Å². The summed E-state index contributed by atoms with van der Waals surface area (Å²) in [4.78, 5) is 24.7. The first-order valence-corrected chi connectivity index (χ1v) is 15.6. The quantitative estimate of drug-likeness (QED) is 0.0790. The van der Waals surface area contributed by atoms with Gasteiger partial charge in [0, 0.05) is 21.9 Å². The Hall–Kier alpha value is -5.76. The van der Waals surface area contributed by atoms with Crippen LogP contribution >= 0.6 is 0 Å². The van der Waals surface area contributed by atoms with Gasteiger partial charge in [-0.05, 0) is 61.0 Å². The second-order valence-corrected chi connectivity index (χ2v) is 11.3. The zero-order chi connectivity index (χ0) is 33.9. The van der Waals surface area contributed by atoms with E-state index in [4.69, 9.17) is 28.4 Å². The molecule has 0 aromatic heterocycles. The van der Waals surface area contributed by atoms with Gasteiger partial charge in [0.1, 0.15) is 49.4 Å². The van der Waals surface area contributed by atoms with E-state index in [1.165, 1.54) is 0 Å². The molecule has 0 aliphatic heterocycles. The monoisotopic (exact) mass is 646 g/mol. The molecule has 5 rings (SSSR count). The van der Waals surface area contributed by atoms with Crippen molar-refractivity contribution in [2.45, 2.75) is 26.1 Å². The molecule has 0 saturated carbocycles. The normalized spacial score (nSPS) is 12.0. The number of esters is 2. The fraction of sp³-hybridized carbons (Fsp3) is 0.200. The fourth-order valence-corrected chi connectivity index (χ4v) is 4.76. The van der Waals surface area contributed by atoms with Crippen molar-refractivity contribution < 1.29 is 38.0 Å². The molecule has 0 amide bonds. The first-order chi connectivity index (χ1) is 23.3. The standard InChI is InChI=1S/C40H38O8/c1-27(2)39(41)47-33(25-45-37-17-9-13-29-11-5-7-15-35(29)37)23-43-31-19-21-32(22-20-31)44-24-34(48-40(42)28(3)4)26-46-38-18-10-14-30-12-6-8-16-36(30)38/h5-22,33-34H,1,3,23-26H2,2,4H3. The van der Waals surface area contributed by atoms with Gasteiger partial charge in [0.15, 0.2) is 12.2 Å². The first-order valence-electron chi connectivity index (χ1n) is 15.6. The average Bonchev–Trinajstić information content (AvgIpc) is 3.10. The minimum absolute atomic E-state index is 0.0500. The lowest BCUT2D eigenvalue weighted by Crippen LogP contribution is -2.31. The molecule has 0 heterocycles. The van der Waals surface area contributed by atoms with Gasteiger partial charge in [-0.25, -0.2) is 9.59 Å². The Morgan fingerprint density at radius 1 is 0.500 bits per heavy atom. The van der Waals surface area contributed by atoms with Crippen LogP contribution in [0, 0.1) is 0 Å². The molecule has 0 bridgehead atoms. The summed E-state index contributed by atoms with van der Waals surface area (Å²) < 4.78 is 35.3. The molecule has 246 valence electrons. The summed E-state index contributed by atoms with van der Waals surface area (Å²) in [5.74, 6) is 1.38. The molecular formula is C40H38O8. The predicted octanol–water partition coefficient (Wildman–Crippen LogP) is 7.88. The van der Waals surface area contributed by atoms with Gasteiger partial charge in [0.25, 0.3) is 0 Å². The molecule has 0 radical (unpaired) electrons. The minimum atomic E-state index is -0.699. The lowest BCUT2D eigenvalue weighted by molar-refractivity contribution is -0.148. The third-order valence-corrected chi connectivity index (χ3v) is 7.29. The van der Waals surface area contributed by atoms with Gasteiger partial charge in [0.05, 0.1) is 0 Å². The van der Waals surface area contributed by atoms with E-state index < -0.39 is 24.1 Å². The Labute approximate surface area is 280 Å². The van der Waals surface area contributed by atoms with Crippen LogP contribution in [0.5, 0.6) is 23.0 Å². The number of benzene rings is 5. The van der Waals surface area contributed by atoms with Crippen LogP contribution in [0.1, 0.15) is 13.8 Å². The molecule has 8 nitrogen and oxygen atoms in total. The van der Waals surface area contributed by atoms with E-state index in [1.807, 2.05) is 84.9 Å². The van der Waals surface area contributed by atoms with Crippen molar-refractivity contribution in [1.29, 1.82) is 0 Å². The Morgan fingerprint density at radius 2 is 0.854 bits per heavy atom. The van der Waals surface area contributed by atoms with Gasteiger partial charge in [-0.3, -0.25) is 0 Å². The summed E-state index contributed by atoms with van der Waals surface area (Å²) in [6.07, 6.45) is -1.40. The van der Waals surface area contributed by atoms with Crippen molar-refractivity contribution in [2.75, 3.05) is 26.4 Å². The third kappa shape index (κ3) is 9.16. The highest BCUT2D eigenvalue weighted by atomic mass is 16.6. The third-order valence-electron chi connectivity index (χ3n) is 7.29. The molecule has 5 aromatic rings. The molecule has 0 aliphatic carbocycles. The van der Waals surface area contributed by atoms with Crippen LogP contribution < -0.4 is 18.9 Å². The van der Waals surface area contributed by atoms with E-state index in [-0.39, 0.29) is 37.6 Å². The summed E-state index contributed by atoms with van der Waals surface area (Å²) in [5, 5.41) is 4.00. The van der Waals surface area contributed by atoms with Crippen LogP contribution in [0.15, 0.2) is 133 Å². The van der Waals surface area contributed by atoms with Crippen molar-refractivity contribution >= 4 is 33.5 Å². The van der Waals surface area contributed by atoms with E-state index in [1.54, 1.807) is 38.1 Å². The largest absolute Gasteiger partial charge is 0.490 e. The molecule has 48 heavy (non-hydrogen) atoms. The zero-order valence-corrected chi connectivity index (χ0v) is 27.1. The van der Waals surface area contributed by atoms with Crippen LogP contribution in [0.25, 0.3) is 21.5 Å². The molecule has 8 heteroatoms. The summed E-state index contributed by atoms with van der Waals surface area (Å²) in [6.45, 7) is 10.8. The molecule has 0 fully saturated rings. The van der Waals surface area contributed by atoms with E-state index in [9.17, 15) is 9.59 Å². The Morgan fingerprint density at radius 3 is 1.25 bits per heavy atom. The van der Waals surface area contributed by atoms with E-state index in [2.05, 4.69) is 13.2 Å². The first kappa shape index (κ1) is 33.6. The molecule has 0 N–H and O–H groups in total. The number of rotatable bonds is 16. The van der Waals surface area contributed by atoms with Crippen molar-refractivity contribution in [3.63, 3.8) is 0 Å². The van der Waals surface area contributed by atoms with Crippen LogP contribution in [0.2, 0.25) is 0 Å². The minimum Gasteiger partial charge on any atom is -0.490 e. The summed E-state index contributed by atoms with van der Waals surface area (Å²) in [6, 6.07) is 34.3. The Bertz CT molecular complexity index is 1750. The van der Waals surface area contributed by atoms with Crippen LogP contribution in [0.3, 0.4) is 0 Å². The summed E-state index contributed by atoms with van der Waals surface area (Å²) in [5.41, 5.74) is 0.558. The maximum atomic E-state index is 12.4. The molecule has 5 aromatic carbocycles. The lowest BCUT2D eigenvalue weighted by Gasteiger charge is -2.21. The number of hydrogen-bond acceptors (Lipinski definition) is 8. The topological polar surface area (TPSA) is 89.5 Å². The number of hydrogen-bond donors (Lipinski definition) is 0. The molecule has 2 unspecified atom stereocenters. The zero-order valence-electron chi connectivity index (χ0n) is 27.1. The maximum absolute atomic E-state index is 12.4. The van der Waals surface area contributed by atoms with Crippen LogP contribution in [0.4, 0.5) is 0 Å². The van der Waals surface area contributed by atoms with Gasteiger partial charge >= 0.3 is 11.9 Å². The fourth-order valence-electron chi connectivity index (χ4n) is 4.76. The van der Waals surface area contributed by atoms with Crippen molar-refractivity contribution in [2.24, 2.45) is 0 Å². The van der Waals surface area contributed by atoms with Crippen molar-refractivity contribution in [1.82, 2.24) is 0 Å². The van der Waals surface area contributed by atoms with Gasteiger partial charge in [-0.1, -0.05) is 86.0 Å². The molecule has 0 saturated heterocycles. The maximum Gasteiger partial charge on any atom is 0.333 e. The highest BCUT2D eigenvalue weighted by Crippen LogP contribution is 2.27. The molecule has 0 spiro atoms. The lowest BCUT2D eigenvalue weighted by atomic mass is 10.1. The van der Waals surface area contributed by atoms with Gasteiger partial charge in [-0.2, -0.15) is 0 Å². The number of fused-ring (bicyclic) bond motifs is 2. The van der Waals surface area contributed by atoms with Gasteiger partial charge in [0.2, 0.25) is 0 Å². The van der Waals surface area contributed by atoms with E-state index in [0.29, 0.717) is 23.0 Å². The number of carbonyl (C=O) groups excluding carboxylic acids is 2. The van der Waals surface area contributed by atoms with Gasteiger partial charge in [-0.15, -0.1) is 0 Å².